The Morgan fingerprint density at radius 2 is 1.16 bits per heavy atom. The molecule has 4 aromatic rings. The molecular formula is C45H58N10O12S. The van der Waals surface area contributed by atoms with E-state index in [2.05, 4.69) is 46.9 Å². The summed E-state index contributed by atoms with van der Waals surface area (Å²) in [5, 5.41) is 44.7. The highest BCUT2D eigenvalue weighted by atomic mass is 32.2. The Labute approximate surface area is 395 Å². The minimum atomic E-state index is -1.81. The van der Waals surface area contributed by atoms with Gasteiger partial charge in [-0.2, -0.15) is 11.8 Å². The number of hydrogen-bond acceptors (Lipinski definition) is 12. The van der Waals surface area contributed by atoms with E-state index in [0.717, 1.165) is 5.52 Å². The van der Waals surface area contributed by atoms with Gasteiger partial charge in [-0.25, -0.2) is 9.78 Å². The SMILES string of the molecule is CSCC[C@H](NC(=O)[C@H](Cc1c[nH]c2ccccc12)NC(=O)[C@H](CC(=O)O)NC(=O)[C@H](CC(C)C)NC(=O)[C@H](Cc1ccccc1)NC(=O)[C@H](Cc1cnc[nH]1)NC(=O)[C@@H](N)CC(=O)O)C(=O)O. The molecule has 0 saturated heterocycles. The molecule has 0 fully saturated rings. The third-order valence-corrected chi connectivity index (χ3v) is 11.2. The lowest BCUT2D eigenvalue weighted by atomic mass is 10.00. The largest absolute Gasteiger partial charge is 0.481 e. The average molecular weight is 963 g/mol. The molecule has 0 aliphatic carbocycles. The number of rotatable bonds is 28. The maximum Gasteiger partial charge on any atom is 0.326 e. The van der Waals surface area contributed by atoms with Crippen LogP contribution in [-0.2, 0) is 62.4 Å². The summed E-state index contributed by atoms with van der Waals surface area (Å²) in [6, 6.07) is 5.31. The van der Waals surface area contributed by atoms with Crippen LogP contribution in [0.2, 0.25) is 0 Å². The predicted molar refractivity (Wildman–Crippen MR) is 249 cm³/mol. The molecule has 0 unspecified atom stereocenters. The zero-order valence-electron chi connectivity index (χ0n) is 37.7. The van der Waals surface area contributed by atoms with Gasteiger partial charge in [0.2, 0.25) is 35.4 Å². The average Bonchev–Trinajstić information content (AvgIpc) is 3.96. The molecule has 0 spiro atoms. The van der Waals surface area contributed by atoms with Gasteiger partial charge in [-0.15, -0.1) is 0 Å². The van der Waals surface area contributed by atoms with Crippen LogP contribution in [-0.4, -0.2) is 138 Å². The van der Waals surface area contributed by atoms with Crippen LogP contribution >= 0.6 is 11.8 Å². The lowest BCUT2D eigenvalue weighted by Gasteiger charge is -2.28. The van der Waals surface area contributed by atoms with E-state index in [9.17, 15) is 53.4 Å². The molecule has 7 atom stereocenters. The van der Waals surface area contributed by atoms with Crippen LogP contribution in [0.4, 0.5) is 0 Å². The van der Waals surface area contributed by atoms with Crippen molar-refractivity contribution in [2.75, 3.05) is 12.0 Å². The van der Waals surface area contributed by atoms with Gasteiger partial charge in [0.25, 0.3) is 0 Å². The highest BCUT2D eigenvalue weighted by molar-refractivity contribution is 7.98. The van der Waals surface area contributed by atoms with Gasteiger partial charge in [0, 0.05) is 48.3 Å². The molecule has 23 heteroatoms. The molecule has 13 N–H and O–H groups in total. The normalized spacial score (nSPS) is 14.2. The fourth-order valence-corrected chi connectivity index (χ4v) is 7.59. The van der Waals surface area contributed by atoms with Crippen molar-refractivity contribution in [3.05, 3.63) is 90.1 Å². The topological polar surface area (TPSA) is 357 Å². The summed E-state index contributed by atoms with van der Waals surface area (Å²) in [5.41, 5.74) is 8.05. The zero-order valence-corrected chi connectivity index (χ0v) is 38.5. The minimum absolute atomic E-state index is 0.0385. The van der Waals surface area contributed by atoms with Crippen molar-refractivity contribution >= 4 is 76.0 Å². The molecule has 2 aromatic heterocycles. The molecule has 68 heavy (non-hydrogen) atoms. The molecule has 0 saturated carbocycles. The summed E-state index contributed by atoms with van der Waals surface area (Å²) in [5.74, 6) is -9.67. The van der Waals surface area contributed by atoms with Crippen LogP contribution in [0.5, 0.6) is 0 Å². The number of carboxylic acids is 3. The molecule has 2 aromatic carbocycles. The van der Waals surface area contributed by atoms with Crippen LogP contribution in [0.3, 0.4) is 0 Å². The smallest absolute Gasteiger partial charge is 0.326 e. The summed E-state index contributed by atoms with van der Waals surface area (Å²) in [6.07, 6.45) is 4.00. The molecule has 366 valence electrons. The van der Waals surface area contributed by atoms with Gasteiger partial charge < -0.3 is 62.9 Å². The van der Waals surface area contributed by atoms with E-state index in [1.54, 1.807) is 80.9 Å². The van der Waals surface area contributed by atoms with Gasteiger partial charge in [-0.1, -0.05) is 62.4 Å². The maximum absolute atomic E-state index is 14.3. The summed E-state index contributed by atoms with van der Waals surface area (Å²) < 4.78 is 0. The first-order valence-electron chi connectivity index (χ1n) is 21.6. The highest BCUT2D eigenvalue weighted by Crippen LogP contribution is 2.20. The maximum atomic E-state index is 14.3. The third kappa shape index (κ3) is 16.9. The van der Waals surface area contributed by atoms with Crippen LogP contribution in [0.1, 0.15) is 56.4 Å². The van der Waals surface area contributed by atoms with Crippen molar-refractivity contribution in [2.45, 2.75) is 101 Å². The van der Waals surface area contributed by atoms with E-state index in [0.29, 0.717) is 28.0 Å². The lowest BCUT2D eigenvalue weighted by molar-refractivity contribution is -0.143. The first-order valence-corrected chi connectivity index (χ1v) is 23.0. The fourth-order valence-electron chi connectivity index (χ4n) is 7.12. The molecule has 2 heterocycles. The van der Waals surface area contributed by atoms with Gasteiger partial charge in [0.15, 0.2) is 0 Å². The molecular weight excluding hydrogens is 905 g/mol. The van der Waals surface area contributed by atoms with Crippen molar-refractivity contribution < 1.29 is 58.5 Å². The van der Waals surface area contributed by atoms with Crippen molar-refractivity contribution in [1.82, 2.24) is 46.9 Å². The van der Waals surface area contributed by atoms with Crippen LogP contribution in [0.25, 0.3) is 10.9 Å². The standard InChI is InChI=1S/C45H58N10O12S/c1-24(2)15-32(52-41(62)33(16-25-9-5-4-6-10-25)53-43(64)35(18-27-22-47-23-49-27)51-39(60)29(46)19-37(56)57)40(61)55-36(20-38(58)59)44(65)54-34(42(63)50-31(45(66)67)13-14-68-3)17-26-21-48-30-12-8-7-11-28(26)30/h4-12,21-24,29,31-36,48H,13-20,46H2,1-3H3,(H,47,49)(H,50,63)(H,51,60)(H,52,62)(H,53,64)(H,54,65)(H,55,61)(H,56,57)(H,58,59)(H,66,67)/t29-,31-,32-,33-,34-,35-,36-/m0/s1. The Morgan fingerprint density at radius 1 is 0.632 bits per heavy atom. The van der Waals surface area contributed by atoms with E-state index >= 15 is 0 Å². The second-order valence-corrected chi connectivity index (χ2v) is 17.4. The monoisotopic (exact) mass is 962 g/mol. The molecule has 22 nitrogen and oxygen atoms in total. The zero-order chi connectivity index (χ0) is 49.9. The predicted octanol–water partition coefficient (Wildman–Crippen LogP) is -0.0118. The third-order valence-electron chi connectivity index (χ3n) is 10.6. The number of carboxylic acid groups (broad SMARTS) is 3. The van der Waals surface area contributed by atoms with Crippen LogP contribution < -0.4 is 37.6 Å². The van der Waals surface area contributed by atoms with Crippen molar-refractivity contribution in [1.29, 1.82) is 0 Å². The highest BCUT2D eigenvalue weighted by Gasteiger charge is 2.35. The quantitative estimate of drug-likeness (QED) is 0.0356. The van der Waals surface area contributed by atoms with Crippen molar-refractivity contribution in [2.24, 2.45) is 11.7 Å². The Morgan fingerprint density at radius 3 is 1.75 bits per heavy atom. The molecule has 0 aliphatic heterocycles. The molecule has 6 amide bonds. The minimum Gasteiger partial charge on any atom is -0.481 e. The number of aliphatic carboxylic acids is 3. The van der Waals surface area contributed by atoms with E-state index in [1.165, 1.54) is 24.3 Å². The number of hydrogen-bond donors (Lipinski definition) is 12. The number of benzene rings is 2. The first kappa shape index (κ1) is 53.3. The summed E-state index contributed by atoms with van der Waals surface area (Å²) >= 11 is 1.37. The van der Waals surface area contributed by atoms with Gasteiger partial charge in [0.1, 0.15) is 36.3 Å². The lowest BCUT2D eigenvalue weighted by Crippen LogP contribution is -2.60. The van der Waals surface area contributed by atoms with Crippen LogP contribution in [0.15, 0.2) is 73.3 Å². The Hall–Kier alpha value is -7.27. The molecule has 0 aliphatic rings. The van der Waals surface area contributed by atoms with E-state index in [1.807, 2.05) is 0 Å². The number of nitrogens with two attached hydrogens (primary N) is 1. The Balaban J connectivity index is 1.60. The number of carbonyl (C=O) groups excluding carboxylic acids is 6. The van der Waals surface area contributed by atoms with E-state index < -0.39 is 108 Å². The van der Waals surface area contributed by atoms with E-state index in [-0.39, 0.29) is 38.0 Å². The summed E-state index contributed by atoms with van der Waals surface area (Å²) in [7, 11) is 0. The number of aromatic nitrogens is 3. The molecule has 0 bridgehead atoms. The Kier molecular flexibility index (Phi) is 20.5. The number of amides is 6. The summed E-state index contributed by atoms with van der Waals surface area (Å²) in [4.78, 5) is 129. The second-order valence-electron chi connectivity index (χ2n) is 16.5. The van der Waals surface area contributed by atoms with Gasteiger partial charge >= 0.3 is 17.9 Å². The number of nitrogens with one attached hydrogen (secondary N) is 8. The number of aromatic amines is 2. The molecule has 4 rings (SSSR count). The van der Waals surface area contributed by atoms with Gasteiger partial charge in [0.05, 0.1) is 25.2 Å². The number of imidazole rings is 1. The number of carbonyl (C=O) groups is 9. The number of para-hydroxylation sites is 1. The van der Waals surface area contributed by atoms with Gasteiger partial charge in [-0.05, 0) is 48.0 Å². The summed E-state index contributed by atoms with van der Waals surface area (Å²) in [6.45, 7) is 3.48. The number of thioether (sulfide) groups is 1. The fraction of sp³-hybridized carbons (Fsp3) is 0.422. The Bertz CT molecular complexity index is 2380. The molecule has 0 radical (unpaired) electrons. The van der Waals surface area contributed by atoms with Gasteiger partial charge in [-0.3, -0.25) is 38.4 Å². The second kappa shape index (κ2) is 26.2. The van der Waals surface area contributed by atoms with Crippen molar-refractivity contribution in [3.63, 3.8) is 0 Å². The number of nitrogens with zero attached hydrogens (tertiary/aromatic N) is 1. The van der Waals surface area contributed by atoms with Crippen LogP contribution in [0, 0.1) is 5.92 Å². The number of fused-ring (bicyclic) bond motifs is 1. The first-order chi connectivity index (χ1) is 32.3. The van der Waals surface area contributed by atoms with Crippen molar-refractivity contribution in [3.8, 4) is 0 Å². The number of H-pyrrole nitrogens is 2. The van der Waals surface area contributed by atoms with E-state index in [4.69, 9.17) is 10.8 Å².